The van der Waals surface area contributed by atoms with E-state index in [1.54, 1.807) is 0 Å². The Morgan fingerprint density at radius 3 is 2.32 bits per heavy atom. The molecule has 5 atom stereocenters. The van der Waals surface area contributed by atoms with E-state index in [-0.39, 0.29) is 24.2 Å². The quantitative estimate of drug-likeness (QED) is 0.724. The molecule has 0 amide bonds. The molecule has 0 aromatic rings. The lowest BCUT2D eigenvalue weighted by Gasteiger charge is -2.46. The smallest absolute Gasteiger partial charge is 0.0868 e. The monoisotopic (exact) mass is 273 g/mol. The van der Waals surface area contributed by atoms with Crippen molar-refractivity contribution in [3.8, 4) is 0 Å². The molecule has 114 valence electrons. The largest absolute Gasteiger partial charge is 0.391 e. The van der Waals surface area contributed by atoms with Crippen molar-refractivity contribution in [3.63, 3.8) is 0 Å². The number of nitrogens with two attached hydrogens (primary N) is 1. The Morgan fingerprint density at radius 1 is 1.21 bits per heavy atom. The number of rotatable bonds is 6. The van der Waals surface area contributed by atoms with E-state index in [2.05, 4.69) is 34.6 Å². The molecule has 4 heteroatoms. The van der Waals surface area contributed by atoms with Crippen molar-refractivity contribution in [2.45, 2.75) is 65.4 Å². The second-order valence-corrected chi connectivity index (χ2v) is 6.35. The van der Waals surface area contributed by atoms with Crippen LogP contribution in [0.2, 0.25) is 0 Å². The third kappa shape index (κ3) is 4.15. The fraction of sp³-hybridized carbons (Fsp3) is 1.00. The van der Waals surface area contributed by atoms with Crippen LogP contribution in [0.3, 0.4) is 0 Å². The van der Waals surface area contributed by atoms with E-state index in [0.29, 0.717) is 18.4 Å². The zero-order valence-corrected chi connectivity index (χ0v) is 13.0. The number of aliphatic hydroxyl groups excluding tert-OH is 1. The Labute approximate surface area is 117 Å². The first kappa shape index (κ1) is 16.9. The van der Waals surface area contributed by atoms with Gasteiger partial charge in [0.05, 0.1) is 31.0 Å². The van der Waals surface area contributed by atoms with Crippen LogP contribution in [0.5, 0.6) is 0 Å². The van der Waals surface area contributed by atoms with Gasteiger partial charge in [0, 0.05) is 12.5 Å². The highest BCUT2D eigenvalue weighted by Crippen LogP contribution is 2.33. The van der Waals surface area contributed by atoms with E-state index in [1.807, 2.05) is 0 Å². The van der Waals surface area contributed by atoms with Crippen molar-refractivity contribution in [2.75, 3.05) is 13.2 Å². The lowest BCUT2D eigenvalue weighted by atomic mass is 9.77. The third-order valence-electron chi connectivity index (χ3n) is 3.99. The van der Waals surface area contributed by atoms with Gasteiger partial charge in [0.1, 0.15) is 0 Å². The SMILES string of the molecule is CCCOCC1OC(C(C)C)C(N)C(O)C1C(C)C. The maximum absolute atomic E-state index is 10.5. The fourth-order valence-corrected chi connectivity index (χ4v) is 2.97. The van der Waals surface area contributed by atoms with Crippen molar-refractivity contribution in [3.05, 3.63) is 0 Å². The first-order chi connectivity index (χ1) is 8.90. The molecule has 0 radical (unpaired) electrons. The summed E-state index contributed by atoms with van der Waals surface area (Å²) in [6, 6.07) is -0.310. The molecule has 0 bridgehead atoms. The molecule has 1 aliphatic heterocycles. The molecule has 1 fully saturated rings. The molecule has 1 aliphatic rings. The van der Waals surface area contributed by atoms with Crippen LogP contribution in [0.15, 0.2) is 0 Å². The highest BCUT2D eigenvalue weighted by atomic mass is 16.5. The van der Waals surface area contributed by atoms with Gasteiger partial charge in [-0.25, -0.2) is 0 Å². The van der Waals surface area contributed by atoms with Crippen LogP contribution in [0.25, 0.3) is 0 Å². The van der Waals surface area contributed by atoms with E-state index >= 15 is 0 Å². The average molecular weight is 273 g/mol. The molecule has 5 unspecified atom stereocenters. The van der Waals surface area contributed by atoms with Crippen LogP contribution in [0.4, 0.5) is 0 Å². The third-order valence-corrected chi connectivity index (χ3v) is 3.99. The Hall–Kier alpha value is -0.160. The minimum absolute atomic E-state index is 0.0434. The Balaban J connectivity index is 2.76. The van der Waals surface area contributed by atoms with E-state index in [4.69, 9.17) is 15.2 Å². The zero-order valence-electron chi connectivity index (χ0n) is 13.0. The summed E-state index contributed by atoms with van der Waals surface area (Å²) in [5.74, 6) is 0.665. The molecule has 0 aromatic heterocycles. The van der Waals surface area contributed by atoms with Gasteiger partial charge in [-0.2, -0.15) is 0 Å². The fourth-order valence-electron chi connectivity index (χ4n) is 2.97. The van der Waals surface area contributed by atoms with Crippen LogP contribution in [-0.2, 0) is 9.47 Å². The molecule has 19 heavy (non-hydrogen) atoms. The van der Waals surface area contributed by atoms with Gasteiger partial charge < -0.3 is 20.3 Å². The summed E-state index contributed by atoms with van der Waals surface area (Å²) in [7, 11) is 0. The summed E-state index contributed by atoms with van der Waals surface area (Å²) in [4.78, 5) is 0. The summed E-state index contributed by atoms with van der Waals surface area (Å²) in [6.45, 7) is 11.7. The lowest BCUT2D eigenvalue weighted by molar-refractivity contribution is -0.188. The van der Waals surface area contributed by atoms with E-state index in [9.17, 15) is 5.11 Å². The van der Waals surface area contributed by atoms with E-state index < -0.39 is 6.10 Å². The standard InChI is InChI=1S/C15H31NO3/c1-6-7-18-8-11-12(9(2)3)14(17)13(16)15(19-11)10(4)5/h9-15,17H,6-8,16H2,1-5H3. The van der Waals surface area contributed by atoms with Gasteiger partial charge in [-0.1, -0.05) is 34.6 Å². The molecular formula is C15H31NO3. The molecule has 4 nitrogen and oxygen atoms in total. The normalized spacial score (nSPS) is 36.2. The Morgan fingerprint density at radius 2 is 1.84 bits per heavy atom. The summed E-state index contributed by atoms with van der Waals surface area (Å²) in [6.07, 6.45) is 0.319. The van der Waals surface area contributed by atoms with Gasteiger partial charge in [0.2, 0.25) is 0 Å². The first-order valence-corrected chi connectivity index (χ1v) is 7.57. The van der Waals surface area contributed by atoms with Crippen LogP contribution in [-0.4, -0.2) is 42.7 Å². The van der Waals surface area contributed by atoms with Crippen molar-refractivity contribution in [1.29, 1.82) is 0 Å². The second kappa shape index (κ2) is 7.58. The molecular weight excluding hydrogens is 242 g/mol. The van der Waals surface area contributed by atoms with Crippen molar-refractivity contribution in [1.82, 2.24) is 0 Å². The first-order valence-electron chi connectivity index (χ1n) is 7.57. The Kier molecular flexibility index (Phi) is 6.74. The van der Waals surface area contributed by atoms with E-state index in [0.717, 1.165) is 13.0 Å². The molecule has 0 saturated carbocycles. The second-order valence-electron chi connectivity index (χ2n) is 6.35. The average Bonchev–Trinajstić information content (AvgIpc) is 2.32. The predicted octanol–water partition coefficient (Wildman–Crippen LogP) is 1.80. The summed E-state index contributed by atoms with van der Waals surface area (Å²) in [5, 5.41) is 10.5. The molecule has 1 saturated heterocycles. The Bertz CT molecular complexity index is 258. The summed E-state index contributed by atoms with van der Waals surface area (Å²) < 4.78 is 11.8. The minimum atomic E-state index is -0.517. The van der Waals surface area contributed by atoms with Gasteiger partial charge in [0.15, 0.2) is 0 Å². The van der Waals surface area contributed by atoms with Gasteiger partial charge >= 0.3 is 0 Å². The molecule has 0 spiro atoms. The van der Waals surface area contributed by atoms with Gasteiger partial charge in [-0.05, 0) is 18.3 Å². The van der Waals surface area contributed by atoms with Gasteiger partial charge in [-0.15, -0.1) is 0 Å². The molecule has 3 N–H and O–H groups in total. The lowest BCUT2D eigenvalue weighted by Crippen LogP contribution is -2.61. The number of hydrogen-bond donors (Lipinski definition) is 2. The summed E-state index contributed by atoms with van der Waals surface area (Å²) in [5.41, 5.74) is 6.15. The molecule has 0 aliphatic carbocycles. The van der Waals surface area contributed by atoms with Gasteiger partial charge in [-0.3, -0.25) is 0 Å². The summed E-state index contributed by atoms with van der Waals surface area (Å²) >= 11 is 0. The van der Waals surface area contributed by atoms with Crippen molar-refractivity contribution >= 4 is 0 Å². The van der Waals surface area contributed by atoms with Crippen molar-refractivity contribution in [2.24, 2.45) is 23.5 Å². The van der Waals surface area contributed by atoms with Crippen LogP contribution < -0.4 is 5.73 Å². The minimum Gasteiger partial charge on any atom is -0.391 e. The van der Waals surface area contributed by atoms with Crippen molar-refractivity contribution < 1.29 is 14.6 Å². The highest BCUT2D eigenvalue weighted by Gasteiger charge is 2.45. The maximum Gasteiger partial charge on any atom is 0.0868 e. The number of ether oxygens (including phenoxy) is 2. The zero-order chi connectivity index (χ0) is 14.6. The maximum atomic E-state index is 10.5. The van der Waals surface area contributed by atoms with Crippen LogP contribution in [0, 0.1) is 17.8 Å². The van der Waals surface area contributed by atoms with Crippen LogP contribution in [0.1, 0.15) is 41.0 Å². The molecule has 1 heterocycles. The highest BCUT2D eigenvalue weighted by molar-refractivity contribution is 4.96. The molecule has 1 rings (SSSR count). The predicted molar refractivity (Wildman–Crippen MR) is 76.9 cm³/mol. The topological polar surface area (TPSA) is 64.7 Å². The number of hydrogen-bond acceptors (Lipinski definition) is 4. The molecule has 0 aromatic carbocycles. The van der Waals surface area contributed by atoms with Gasteiger partial charge in [0.25, 0.3) is 0 Å². The number of aliphatic hydroxyl groups is 1. The van der Waals surface area contributed by atoms with Crippen LogP contribution >= 0.6 is 0 Å². The van der Waals surface area contributed by atoms with E-state index in [1.165, 1.54) is 0 Å².